The average Bonchev–Trinajstić information content (AvgIpc) is 3.58. The van der Waals surface area contributed by atoms with Crippen LogP contribution in [-0.2, 0) is 36.8 Å². The molecule has 1 fully saturated rings. The third-order valence-electron chi connectivity index (χ3n) is 8.42. The molecule has 3 atom stereocenters. The van der Waals surface area contributed by atoms with Crippen LogP contribution in [0, 0.1) is 12.3 Å². The summed E-state index contributed by atoms with van der Waals surface area (Å²) in [5.41, 5.74) is 7.20. The Morgan fingerprint density at radius 2 is 2.00 bits per heavy atom. The summed E-state index contributed by atoms with van der Waals surface area (Å²) >= 11 is 1.37. The summed E-state index contributed by atoms with van der Waals surface area (Å²) < 4.78 is 19.9. The molecule has 0 unspecified atom stereocenters. The van der Waals surface area contributed by atoms with Gasteiger partial charge in [-0.25, -0.2) is 15.2 Å². The zero-order valence-corrected chi connectivity index (χ0v) is 29.0. The van der Waals surface area contributed by atoms with Gasteiger partial charge < -0.3 is 24.1 Å². The highest BCUT2D eigenvalue weighted by Gasteiger charge is 2.40. The summed E-state index contributed by atoms with van der Waals surface area (Å²) in [6.07, 6.45) is 0.162. The molecule has 2 aliphatic heterocycles. The first-order chi connectivity index (χ1) is 21.7. The van der Waals surface area contributed by atoms with Crippen LogP contribution < -0.4 is 10.7 Å². The molecular formula is C34H47N5O6S. The van der Waals surface area contributed by atoms with Crippen molar-refractivity contribution in [2.45, 2.75) is 105 Å². The highest BCUT2D eigenvalue weighted by atomic mass is 32.1. The number of aromatic nitrogens is 2. The molecule has 3 aromatic rings. The largest absolute Gasteiger partial charge is 0.464 e. The van der Waals surface area contributed by atoms with E-state index in [-0.39, 0.29) is 18.6 Å². The standard InChI is InChI=1S/C34H47N5O6S/c1-9-38-20(3)23-17-34(7,8)19-44-31(41)24-12-11-15-39(37-24)30(40)27(36-32(42)45-33(4,5)6)28(43-10-2)29-35-25(18-46-29)21-13-14-26(38)22(23)16-21/h13-14,16,18,24,27-28,37H,9-12,15,17,19H2,1-8H3,(H,36,42)/t24-,27-,28-/m0/s1. The molecular weight excluding hydrogens is 606 g/mol. The topological polar surface area (TPSA) is 124 Å². The van der Waals surface area contributed by atoms with Gasteiger partial charge in [-0.3, -0.25) is 14.6 Å². The van der Waals surface area contributed by atoms with Crippen LogP contribution >= 0.6 is 11.3 Å². The number of amides is 2. The fraction of sp³-hybridized carbons (Fsp3) is 0.588. The normalized spacial score (nSPS) is 22.3. The van der Waals surface area contributed by atoms with Crippen LogP contribution in [0.25, 0.3) is 22.2 Å². The van der Waals surface area contributed by atoms with Crippen molar-refractivity contribution < 1.29 is 28.6 Å². The molecule has 0 aliphatic carbocycles. The molecule has 4 heterocycles. The molecule has 0 radical (unpaired) electrons. The lowest BCUT2D eigenvalue weighted by Gasteiger charge is -2.37. The zero-order valence-electron chi connectivity index (χ0n) is 28.2. The van der Waals surface area contributed by atoms with E-state index in [1.165, 1.54) is 27.6 Å². The molecule has 1 saturated heterocycles. The van der Waals surface area contributed by atoms with E-state index in [0.717, 1.165) is 28.7 Å². The van der Waals surface area contributed by atoms with Gasteiger partial charge in [-0.2, -0.15) is 0 Å². The van der Waals surface area contributed by atoms with Crippen molar-refractivity contribution in [3.63, 3.8) is 0 Å². The van der Waals surface area contributed by atoms with E-state index in [2.05, 4.69) is 61.2 Å². The second-order valence-electron chi connectivity index (χ2n) is 13.9. The van der Waals surface area contributed by atoms with Gasteiger partial charge in [0.1, 0.15) is 28.8 Å². The van der Waals surface area contributed by atoms with Crippen LogP contribution in [0.5, 0.6) is 0 Å². The van der Waals surface area contributed by atoms with Crippen molar-refractivity contribution in [2.24, 2.45) is 5.41 Å². The minimum atomic E-state index is -1.18. The Hall–Kier alpha value is -3.48. The van der Waals surface area contributed by atoms with Gasteiger partial charge in [0.25, 0.3) is 5.91 Å². The molecule has 0 saturated carbocycles. The van der Waals surface area contributed by atoms with E-state index >= 15 is 0 Å². The van der Waals surface area contributed by atoms with Gasteiger partial charge >= 0.3 is 12.1 Å². The molecule has 0 spiro atoms. The van der Waals surface area contributed by atoms with E-state index < -0.39 is 41.8 Å². The molecule has 2 aliphatic rings. The predicted octanol–water partition coefficient (Wildman–Crippen LogP) is 5.69. The minimum absolute atomic E-state index is 0.223. The first kappa shape index (κ1) is 33.9. The van der Waals surface area contributed by atoms with Crippen LogP contribution in [-0.4, -0.2) is 70.0 Å². The van der Waals surface area contributed by atoms with Crippen LogP contribution in [0.1, 0.15) is 83.7 Å². The lowest BCUT2D eigenvalue weighted by atomic mass is 9.85. The maximum Gasteiger partial charge on any atom is 0.408 e. The zero-order chi connectivity index (χ0) is 33.4. The number of carbonyl (C=O) groups is 3. The van der Waals surface area contributed by atoms with Crippen LogP contribution in [0.2, 0.25) is 0 Å². The van der Waals surface area contributed by atoms with Gasteiger partial charge in [-0.1, -0.05) is 19.9 Å². The molecule has 2 amide bonds. The maximum atomic E-state index is 14.2. The monoisotopic (exact) mass is 653 g/mol. The lowest BCUT2D eigenvalue weighted by Crippen LogP contribution is -2.61. The number of nitrogens with zero attached hydrogens (tertiary/aromatic N) is 3. The van der Waals surface area contributed by atoms with Crippen molar-refractivity contribution in [3.05, 3.63) is 39.8 Å². The Morgan fingerprint density at radius 1 is 1.24 bits per heavy atom. The first-order valence-electron chi connectivity index (χ1n) is 16.1. The third-order valence-corrected chi connectivity index (χ3v) is 9.32. The maximum absolute atomic E-state index is 14.2. The molecule has 2 N–H and O–H groups in total. The minimum Gasteiger partial charge on any atom is -0.464 e. The van der Waals surface area contributed by atoms with Gasteiger partial charge in [-0.15, -0.1) is 11.3 Å². The number of cyclic esters (lactones) is 1. The lowest BCUT2D eigenvalue weighted by molar-refractivity contribution is -0.156. The van der Waals surface area contributed by atoms with Crippen LogP contribution in [0.15, 0.2) is 23.6 Å². The third kappa shape index (κ3) is 7.24. The second kappa shape index (κ2) is 13.3. The van der Waals surface area contributed by atoms with Crippen molar-refractivity contribution in [3.8, 4) is 11.3 Å². The molecule has 1 aromatic carbocycles. The molecule has 6 bridgehead atoms. The summed E-state index contributed by atoms with van der Waals surface area (Å²) in [6, 6.07) is 4.48. The number of aryl methyl sites for hydroxylation is 1. The van der Waals surface area contributed by atoms with Gasteiger partial charge in [0.05, 0.1) is 12.3 Å². The highest BCUT2D eigenvalue weighted by Crippen LogP contribution is 2.37. The fourth-order valence-corrected chi connectivity index (χ4v) is 7.17. The summed E-state index contributed by atoms with van der Waals surface area (Å²) in [5, 5.41) is 7.80. The van der Waals surface area contributed by atoms with Crippen molar-refractivity contribution in [2.75, 3.05) is 19.8 Å². The molecule has 46 heavy (non-hydrogen) atoms. The number of hydrazine groups is 1. The van der Waals surface area contributed by atoms with E-state index in [4.69, 9.17) is 19.2 Å². The fourth-order valence-electron chi connectivity index (χ4n) is 6.26. The number of carbonyl (C=O) groups excluding carboxylic acids is 3. The highest BCUT2D eigenvalue weighted by molar-refractivity contribution is 7.10. The molecule has 11 nitrogen and oxygen atoms in total. The smallest absolute Gasteiger partial charge is 0.408 e. The summed E-state index contributed by atoms with van der Waals surface area (Å²) in [5.74, 6) is -0.869. The van der Waals surface area contributed by atoms with Crippen molar-refractivity contribution >= 4 is 40.2 Å². The number of benzene rings is 1. The van der Waals surface area contributed by atoms with E-state index in [0.29, 0.717) is 30.8 Å². The SMILES string of the molecule is CCO[C@@H]1c2nc(cs2)-c2ccc3c(c2)c(c(C)n3CC)CC(C)(C)COC(=O)[C@@H]2CCCN(N2)C(=O)[C@H]1NC(=O)OC(C)(C)C. The van der Waals surface area contributed by atoms with Gasteiger partial charge in [-0.05, 0) is 78.5 Å². The van der Waals surface area contributed by atoms with E-state index in [9.17, 15) is 14.4 Å². The molecule has 5 rings (SSSR count). The summed E-state index contributed by atoms with van der Waals surface area (Å²) in [4.78, 5) is 45.6. The number of fused-ring (bicyclic) bond motifs is 6. The van der Waals surface area contributed by atoms with Crippen LogP contribution in [0.3, 0.4) is 0 Å². The Labute approximate surface area is 274 Å². The Bertz CT molecular complexity index is 1600. The number of hydrogen-bond donors (Lipinski definition) is 2. The van der Waals surface area contributed by atoms with Gasteiger partial charge in [0, 0.05) is 52.7 Å². The van der Waals surface area contributed by atoms with E-state index in [1.807, 2.05) is 12.3 Å². The number of esters is 1. The first-order valence-corrected chi connectivity index (χ1v) is 17.0. The van der Waals surface area contributed by atoms with Gasteiger partial charge in [0.2, 0.25) is 0 Å². The Morgan fingerprint density at radius 3 is 2.70 bits per heavy atom. The number of thiazole rings is 1. The number of alkyl carbamates (subject to hydrolysis) is 1. The molecule has 12 heteroatoms. The summed E-state index contributed by atoms with van der Waals surface area (Å²) in [6.45, 7) is 17.3. The molecule has 250 valence electrons. The van der Waals surface area contributed by atoms with Crippen molar-refractivity contribution in [1.29, 1.82) is 0 Å². The van der Waals surface area contributed by atoms with Crippen LogP contribution in [0.4, 0.5) is 4.79 Å². The Balaban J connectivity index is 1.63. The van der Waals surface area contributed by atoms with Crippen molar-refractivity contribution in [1.82, 2.24) is 25.3 Å². The average molecular weight is 654 g/mol. The molecule has 2 aromatic heterocycles. The van der Waals surface area contributed by atoms with E-state index in [1.54, 1.807) is 20.8 Å². The predicted molar refractivity (Wildman–Crippen MR) is 177 cm³/mol. The number of nitrogens with one attached hydrogen (secondary N) is 2. The number of rotatable bonds is 4. The second-order valence-corrected chi connectivity index (χ2v) is 14.8. The quantitative estimate of drug-likeness (QED) is 0.345. The van der Waals surface area contributed by atoms with Gasteiger partial charge in [0.15, 0.2) is 0 Å². The summed E-state index contributed by atoms with van der Waals surface area (Å²) in [7, 11) is 0. The number of hydrogen-bond acceptors (Lipinski definition) is 9. The number of ether oxygens (including phenoxy) is 3. The Kier molecular flexibility index (Phi) is 9.81.